The number of rotatable bonds is 3. The molecule has 0 aromatic rings. The lowest BCUT2D eigenvalue weighted by Crippen LogP contribution is -2.17. The third-order valence-corrected chi connectivity index (χ3v) is 0.617. The van der Waals surface area contributed by atoms with E-state index >= 15 is 0 Å². The van der Waals surface area contributed by atoms with Crippen molar-refractivity contribution in [3.05, 3.63) is 0 Å². The van der Waals surface area contributed by atoms with Gasteiger partial charge < -0.3 is 4.81 Å². The van der Waals surface area contributed by atoms with Gasteiger partial charge in [0.05, 0.1) is 0 Å². The summed E-state index contributed by atoms with van der Waals surface area (Å²) < 4.78 is 0. The molecule has 0 aromatic carbocycles. The summed E-state index contributed by atoms with van der Waals surface area (Å²) in [6, 6.07) is 0. The van der Waals surface area contributed by atoms with Gasteiger partial charge in [-0.05, 0) is 6.42 Å². The van der Waals surface area contributed by atoms with Crippen LogP contribution < -0.4 is 0 Å². The SMILES string of the molecule is [B]N(C=O)CCC. The van der Waals surface area contributed by atoms with Crippen LogP contribution >= 0.6 is 0 Å². The Bertz CT molecular complexity index is 57.7. The second kappa shape index (κ2) is 3.72. The molecule has 0 rings (SSSR count). The molecule has 0 aliphatic carbocycles. The first-order valence-corrected chi connectivity index (χ1v) is 2.28. The second-order valence-corrected chi connectivity index (χ2v) is 1.34. The molecule has 0 aliphatic heterocycles. The Morgan fingerprint density at radius 3 is 2.57 bits per heavy atom. The summed E-state index contributed by atoms with van der Waals surface area (Å²) in [7, 11) is 5.05. The van der Waals surface area contributed by atoms with Gasteiger partial charge in [-0.2, -0.15) is 0 Å². The highest BCUT2D eigenvalue weighted by molar-refractivity contribution is 6.10. The van der Waals surface area contributed by atoms with Crippen molar-refractivity contribution in [2.24, 2.45) is 0 Å². The molecular weight excluding hydrogens is 88.9 g/mol. The van der Waals surface area contributed by atoms with E-state index < -0.39 is 0 Å². The van der Waals surface area contributed by atoms with Gasteiger partial charge >= 0.3 is 0 Å². The summed E-state index contributed by atoms with van der Waals surface area (Å²) in [5.41, 5.74) is 0. The molecule has 0 aliphatic rings. The Hall–Kier alpha value is -0.465. The molecule has 0 saturated carbocycles. The van der Waals surface area contributed by atoms with Crippen LogP contribution in [0, 0.1) is 0 Å². The molecule has 0 heterocycles. The minimum atomic E-state index is 0.615. The molecule has 0 saturated heterocycles. The molecule has 38 valence electrons. The Morgan fingerprint density at radius 2 is 2.43 bits per heavy atom. The summed E-state index contributed by atoms with van der Waals surface area (Å²) in [5, 5.41) is 0. The van der Waals surface area contributed by atoms with Crippen molar-refractivity contribution in [3.8, 4) is 0 Å². The highest BCUT2D eigenvalue weighted by Crippen LogP contribution is 1.76. The molecule has 2 radical (unpaired) electrons. The van der Waals surface area contributed by atoms with Crippen LogP contribution in [0.3, 0.4) is 0 Å². The second-order valence-electron chi connectivity index (χ2n) is 1.34. The number of carbonyl (C=O) groups excluding carboxylic acids is 1. The fourth-order valence-electron chi connectivity index (χ4n) is 0.311. The van der Waals surface area contributed by atoms with Crippen LogP contribution in [0.5, 0.6) is 0 Å². The predicted octanol–water partition coefficient (Wildman–Crippen LogP) is -0.0617. The summed E-state index contributed by atoms with van der Waals surface area (Å²) >= 11 is 0. The smallest absolute Gasteiger partial charge is 0.230 e. The first kappa shape index (κ1) is 6.53. The Balaban J connectivity index is 2.98. The molecular formula is C4H8BNO. The molecule has 3 heteroatoms. The van der Waals surface area contributed by atoms with E-state index in [1.165, 1.54) is 0 Å². The van der Waals surface area contributed by atoms with Crippen molar-refractivity contribution in [1.82, 2.24) is 4.81 Å². The van der Waals surface area contributed by atoms with Crippen LogP contribution in [0.4, 0.5) is 0 Å². The van der Waals surface area contributed by atoms with Crippen LogP contribution in [0.15, 0.2) is 0 Å². The van der Waals surface area contributed by atoms with Crippen LogP contribution in [-0.4, -0.2) is 25.7 Å². The van der Waals surface area contributed by atoms with E-state index in [0.717, 1.165) is 11.2 Å². The normalized spacial score (nSPS) is 8.14. The lowest BCUT2D eigenvalue weighted by atomic mass is 10.3. The van der Waals surface area contributed by atoms with Crippen molar-refractivity contribution < 1.29 is 4.79 Å². The molecule has 2 nitrogen and oxygen atoms in total. The fraction of sp³-hybridized carbons (Fsp3) is 0.750. The number of amides is 1. The Labute approximate surface area is 44.9 Å². The average Bonchev–Trinajstić information content (AvgIpc) is 1.68. The minimum Gasteiger partial charge on any atom is -0.399 e. The van der Waals surface area contributed by atoms with Gasteiger partial charge in [0.25, 0.3) is 0 Å². The number of hydrogen-bond donors (Lipinski definition) is 0. The molecule has 0 aromatic heterocycles. The maximum Gasteiger partial charge on any atom is 0.230 e. The van der Waals surface area contributed by atoms with E-state index in [4.69, 9.17) is 7.98 Å². The van der Waals surface area contributed by atoms with Crippen LogP contribution in [0.1, 0.15) is 13.3 Å². The minimum absolute atomic E-state index is 0.615. The Morgan fingerprint density at radius 1 is 1.86 bits per heavy atom. The number of hydrogen-bond acceptors (Lipinski definition) is 1. The van der Waals surface area contributed by atoms with Crippen molar-refractivity contribution in [3.63, 3.8) is 0 Å². The molecule has 1 amide bonds. The Kier molecular flexibility index (Phi) is 3.47. The lowest BCUT2D eigenvalue weighted by Gasteiger charge is -2.06. The number of nitrogens with zero attached hydrogens (tertiary/aromatic N) is 1. The lowest BCUT2D eigenvalue weighted by molar-refractivity contribution is -0.114. The van der Waals surface area contributed by atoms with Gasteiger partial charge in [-0.3, -0.25) is 4.79 Å². The zero-order valence-electron chi connectivity index (χ0n) is 4.42. The number of carbonyl (C=O) groups is 1. The quantitative estimate of drug-likeness (QED) is 0.356. The van der Waals surface area contributed by atoms with Gasteiger partial charge in [-0.15, -0.1) is 0 Å². The summed E-state index contributed by atoms with van der Waals surface area (Å²) in [6.45, 7) is 2.60. The van der Waals surface area contributed by atoms with Gasteiger partial charge in [-0.25, -0.2) is 0 Å². The van der Waals surface area contributed by atoms with Crippen molar-refractivity contribution in [2.45, 2.75) is 13.3 Å². The summed E-state index contributed by atoms with van der Waals surface area (Å²) in [4.78, 5) is 10.8. The van der Waals surface area contributed by atoms with Crippen molar-refractivity contribution >= 4 is 14.4 Å². The van der Waals surface area contributed by atoms with E-state index in [9.17, 15) is 4.79 Å². The molecule has 0 spiro atoms. The van der Waals surface area contributed by atoms with Gasteiger partial charge in [0, 0.05) is 6.54 Å². The third-order valence-electron chi connectivity index (χ3n) is 0.617. The van der Waals surface area contributed by atoms with Crippen molar-refractivity contribution in [2.75, 3.05) is 6.54 Å². The van der Waals surface area contributed by atoms with Gasteiger partial charge in [-0.1, -0.05) is 6.92 Å². The third kappa shape index (κ3) is 3.36. The molecule has 0 N–H and O–H groups in total. The maximum absolute atomic E-state index is 9.70. The monoisotopic (exact) mass is 97.1 g/mol. The fourth-order valence-corrected chi connectivity index (χ4v) is 0.311. The average molecular weight is 96.9 g/mol. The van der Waals surface area contributed by atoms with Gasteiger partial charge in [0.2, 0.25) is 7.98 Å². The van der Waals surface area contributed by atoms with E-state index in [0.29, 0.717) is 13.0 Å². The van der Waals surface area contributed by atoms with Gasteiger partial charge in [0.15, 0.2) is 6.41 Å². The van der Waals surface area contributed by atoms with E-state index in [2.05, 4.69) is 0 Å². The van der Waals surface area contributed by atoms with Crippen molar-refractivity contribution in [1.29, 1.82) is 0 Å². The molecule has 0 unspecified atom stereocenters. The molecule has 0 bridgehead atoms. The van der Waals surface area contributed by atoms with Crippen LogP contribution in [-0.2, 0) is 4.79 Å². The van der Waals surface area contributed by atoms with Crippen LogP contribution in [0.2, 0.25) is 0 Å². The van der Waals surface area contributed by atoms with Gasteiger partial charge in [0.1, 0.15) is 0 Å². The predicted molar refractivity (Wildman–Crippen MR) is 28.8 cm³/mol. The highest BCUT2D eigenvalue weighted by atomic mass is 16.1. The van der Waals surface area contributed by atoms with Crippen LogP contribution in [0.25, 0.3) is 0 Å². The standard InChI is InChI=1S/C4H8BNO/c1-2-3-6(5)4-7/h4H,2-3H2,1H3. The first-order chi connectivity index (χ1) is 3.31. The van der Waals surface area contributed by atoms with E-state index in [-0.39, 0.29) is 0 Å². The zero-order chi connectivity index (χ0) is 5.70. The topological polar surface area (TPSA) is 20.3 Å². The van der Waals surface area contributed by atoms with E-state index in [1.807, 2.05) is 6.92 Å². The molecule has 7 heavy (non-hydrogen) atoms. The highest BCUT2D eigenvalue weighted by Gasteiger charge is 1.84. The molecule has 0 fully saturated rings. The molecule has 0 atom stereocenters. The van der Waals surface area contributed by atoms with E-state index in [1.54, 1.807) is 0 Å². The summed E-state index contributed by atoms with van der Waals surface area (Å²) in [5.74, 6) is 0. The maximum atomic E-state index is 9.70. The largest absolute Gasteiger partial charge is 0.399 e. The first-order valence-electron chi connectivity index (χ1n) is 2.28. The zero-order valence-corrected chi connectivity index (χ0v) is 4.42. The summed E-state index contributed by atoms with van der Waals surface area (Å²) in [6.07, 6.45) is 1.53.